The molecular formula is C23H26N2O3S. The first-order valence-electron chi connectivity index (χ1n) is 10.4. The van der Waals surface area contributed by atoms with E-state index in [1.807, 2.05) is 40.9 Å². The minimum atomic E-state index is 0.197. The highest BCUT2D eigenvalue weighted by Gasteiger charge is 2.50. The van der Waals surface area contributed by atoms with Crippen LogP contribution in [0.5, 0.6) is 5.75 Å². The Labute approximate surface area is 175 Å². The van der Waals surface area contributed by atoms with Gasteiger partial charge in [0.2, 0.25) is 5.91 Å². The summed E-state index contributed by atoms with van der Waals surface area (Å²) in [5.41, 5.74) is 3.49. The number of pyridine rings is 1. The number of carbonyl (C=O) groups is 1. The summed E-state index contributed by atoms with van der Waals surface area (Å²) >= 11 is 1.97. The fourth-order valence-electron chi connectivity index (χ4n) is 4.46. The van der Waals surface area contributed by atoms with Crippen LogP contribution in [0.15, 0.2) is 42.7 Å². The Morgan fingerprint density at radius 1 is 1.24 bits per heavy atom. The van der Waals surface area contributed by atoms with Gasteiger partial charge in [0.25, 0.3) is 0 Å². The summed E-state index contributed by atoms with van der Waals surface area (Å²) in [4.78, 5) is 18.8. The Balaban J connectivity index is 1.10. The average Bonchev–Trinajstić information content (AvgIpc) is 3.17. The average molecular weight is 411 g/mol. The molecule has 29 heavy (non-hydrogen) atoms. The highest BCUT2D eigenvalue weighted by molar-refractivity contribution is 8.01. The molecule has 2 aromatic rings. The summed E-state index contributed by atoms with van der Waals surface area (Å²) in [6.07, 6.45) is 7.48. The first-order chi connectivity index (χ1) is 14.2. The Hall–Kier alpha value is -2.05. The lowest BCUT2D eigenvalue weighted by Crippen LogP contribution is -2.61. The van der Waals surface area contributed by atoms with Crippen molar-refractivity contribution >= 4 is 17.7 Å². The van der Waals surface area contributed by atoms with Gasteiger partial charge in [-0.05, 0) is 54.2 Å². The van der Waals surface area contributed by atoms with Crippen molar-refractivity contribution < 1.29 is 14.3 Å². The molecule has 1 atom stereocenters. The number of nitrogens with zero attached hydrogens (tertiary/aromatic N) is 2. The summed E-state index contributed by atoms with van der Waals surface area (Å²) in [5.74, 6) is 2.22. The summed E-state index contributed by atoms with van der Waals surface area (Å²) in [7, 11) is 0. The molecule has 1 aromatic carbocycles. The quantitative estimate of drug-likeness (QED) is 0.757. The fourth-order valence-corrected chi connectivity index (χ4v) is 6.01. The number of aryl methyl sites for hydroxylation is 1. The number of hydrogen-bond donors (Lipinski definition) is 0. The number of amides is 1. The molecular weight excluding hydrogens is 384 g/mol. The van der Waals surface area contributed by atoms with Crippen LogP contribution in [-0.2, 0) is 29.0 Å². The van der Waals surface area contributed by atoms with Gasteiger partial charge in [0.1, 0.15) is 5.75 Å². The molecule has 2 fully saturated rings. The number of rotatable bonds is 5. The van der Waals surface area contributed by atoms with E-state index in [0.29, 0.717) is 13.0 Å². The van der Waals surface area contributed by atoms with Crippen molar-refractivity contribution in [3.63, 3.8) is 0 Å². The number of aromatic nitrogens is 1. The third-order valence-electron chi connectivity index (χ3n) is 6.05. The molecule has 4 heterocycles. The third kappa shape index (κ3) is 4.14. The van der Waals surface area contributed by atoms with Crippen LogP contribution < -0.4 is 4.74 Å². The molecule has 3 aliphatic rings. The van der Waals surface area contributed by atoms with Gasteiger partial charge in [-0.3, -0.25) is 9.78 Å². The molecule has 0 N–H and O–H groups in total. The molecule has 0 aliphatic carbocycles. The van der Waals surface area contributed by atoms with Crippen molar-refractivity contribution in [2.45, 2.75) is 43.1 Å². The van der Waals surface area contributed by atoms with E-state index in [2.05, 4.69) is 11.1 Å². The second kappa shape index (κ2) is 8.00. The predicted molar refractivity (Wildman–Crippen MR) is 113 cm³/mol. The Bertz CT molecular complexity index is 883. The lowest BCUT2D eigenvalue weighted by atomic mass is 9.92. The van der Waals surface area contributed by atoms with E-state index in [-0.39, 0.29) is 16.8 Å². The summed E-state index contributed by atoms with van der Waals surface area (Å²) < 4.78 is 12.0. The third-order valence-corrected chi connectivity index (χ3v) is 7.62. The molecule has 5 rings (SSSR count). The molecule has 152 valence electrons. The van der Waals surface area contributed by atoms with Crippen molar-refractivity contribution in [1.29, 1.82) is 0 Å². The fraction of sp³-hybridized carbons (Fsp3) is 0.478. The summed E-state index contributed by atoms with van der Waals surface area (Å²) in [6, 6.07) is 10.2. The van der Waals surface area contributed by atoms with Crippen LogP contribution in [-0.4, -0.2) is 52.1 Å². The summed E-state index contributed by atoms with van der Waals surface area (Å²) in [6.45, 7) is 3.12. The maximum Gasteiger partial charge on any atom is 0.227 e. The standard InChI is InChI=1S/C23H26N2O3S/c26-22(11-18-3-4-21-19(10-18)2-1-9-27-21)25-15-23(16-25)12-20(14-29-23)28-13-17-5-7-24-8-6-17/h3-8,10,20H,1-2,9,11-16H2/t20-/m0/s1. The SMILES string of the molecule is O=C(Cc1ccc2c(c1)CCCO2)N1CC2(C[C@H](OCc3ccncc3)CS2)C1. The van der Waals surface area contributed by atoms with E-state index in [1.165, 1.54) is 5.56 Å². The number of likely N-dealkylation sites (tertiary alicyclic amines) is 1. The maximum absolute atomic E-state index is 12.7. The van der Waals surface area contributed by atoms with Gasteiger partial charge in [-0.15, -0.1) is 11.8 Å². The predicted octanol–water partition coefficient (Wildman–Crippen LogP) is 3.25. The number of thioether (sulfide) groups is 1. The van der Waals surface area contributed by atoms with Crippen LogP contribution in [0, 0.1) is 0 Å². The molecule has 0 saturated carbocycles. The zero-order valence-corrected chi connectivity index (χ0v) is 17.3. The minimum absolute atomic E-state index is 0.197. The van der Waals surface area contributed by atoms with E-state index in [4.69, 9.17) is 9.47 Å². The molecule has 0 unspecified atom stereocenters. The lowest BCUT2D eigenvalue weighted by molar-refractivity contribution is -0.136. The van der Waals surface area contributed by atoms with E-state index in [1.54, 1.807) is 12.4 Å². The highest BCUT2D eigenvalue weighted by Crippen LogP contribution is 2.46. The van der Waals surface area contributed by atoms with Crippen molar-refractivity contribution in [3.05, 3.63) is 59.4 Å². The van der Waals surface area contributed by atoms with Crippen molar-refractivity contribution in [2.75, 3.05) is 25.4 Å². The molecule has 1 spiro atoms. The van der Waals surface area contributed by atoms with Gasteiger partial charge in [0, 0.05) is 31.2 Å². The van der Waals surface area contributed by atoms with Gasteiger partial charge in [0.05, 0.1) is 30.5 Å². The minimum Gasteiger partial charge on any atom is -0.493 e. The van der Waals surface area contributed by atoms with Gasteiger partial charge < -0.3 is 14.4 Å². The second-order valence-electron chi connectivity index (χ2n) is 8.31. The molecule has 0 bridgehead atoms. The lowest BCUT2D eigenvalue weighted by Gasteiger charge is -2.47. The van der Waals surface area contributed by atoms with Crippen LogP contribution in [0.25, 0.3) is 0 Å². The molecule has 3 aliphatic heterocycles. The number of carbonyl (C=O) groups excluding carboxylic acids is 1. The number of ether oxygens (including phenoxy) is 2. The van der Waals surface area contributed by atoms with Crippen LogP contribution in [0.2, 0.25) is 0 Å². The van der Waals surface area contributed by atoms with Gasteiger partial charge >= 0.3 is 0 Å². The molecule has 1 amide bonds. The van der Waals surface area contributed by atoms with Crippen molar-refractivity contribution in [2.24, 2.45) is 0 Å². The maximum atomic E-state index is 12.7. The second-order valence-corrected chi connectivity index (χ2v) is 9.80. The molecule has 1 aromatic heterocycles. The zero-order chi connectivity index (χ0) is 19.7. The largest absolute Gasteiger partial charge is 0.493 e. The number of hydrogen-bond acceptors (Lipinski definition) is 5. The molecule has 5 nitrogen and oxygen atoms in total. The monoisotopic (exact) mass is 410 g/mol. The molecule has 2 saturated heterocycles. The highest BCUT2D eigenvalue weighted by atomic mass is 32.2. The first-order valence-corrected chi connectivity index (χ1v) is 11.3. The van der Waals surface area contributed by atoms with Crippen LogP contribution in [0.1, 0.15) is 29.5 Å². The van der Waals surface area contributed by atoms with Crippen LogP contribution in [0.4, 0.5) is 0 Å². The Kier molecular flexibility index (Phi) is 5.22. The van der Waals surface area contributed by atoms with Crippen LogP contribution in [0.3, 0.4) is 0 Å². The van der Waals surface area contributed by atoms with Gasteiger partial charge in [-0.1, -0.05) is 12.1 Å². The first kappa shape index (κ1) is 18.9. The van der Waals surface area contributed by atoms with E-state index >= 15 is 0 Å². The van der Waals surface area contributed by atoms with Gasteiger partial charge in [-0.25, -0.2) is 0 Å². The summed E-state index contributed by atoms with van der Waals surface area (Å²) in [5, 5.41) is 0. The zero-order valence-electron chi connectivity index (χ0n) is 16.5. The molecule has 6 heteroatoms. The number of benzene rings is 1. The Morgan fingerprint density at radius 3 is 2.97 bits per heavy atom. The topological polar surface area (TPSA) is 51.7 Å². The Morgan fingerprint density at radius 2 is 2.10 bits per heavy atom. The van der Waals surface area contributed by atoms with Crippen molar-refractivity contribution in [3.8, 4) is 5.75 Å². The smallest absolute Gasteiger partial charge is 0.227 e. The van der Waals surface area contributed by atoms with E-state index in [0.717, 1.165) is 61.6 Å². The van der Waals surface area contributed by atoms with Crippen LogP contribution >= 0.6 is 11.8 Å². The van der Waals surface area contributed by atoms with Gasteiger partial charge in [0.15, 0.2) is 0 Å². The van der Waals surface area contributed by atoms with E-state index in [9.17, 15) is 4.79 Å². The van der Waals surface area contributed by atoms with E-state index < -0.39 is 0 Å². The molecule has 0 radical (unpaired) electrons. The normalized spacial score (nSPS) is 22.1. The number of fused-ring (bicyclic) bond motifs is 1. The van der Waals surface area contributed by atoms with Crippen molar-refractivity contribution in [1.82, 2.24) is 9.88 Å². The van der Waals surface area contributed by atoms with Gasteiger partial charge in [-0.2, -0.15) is 0 Å².